The lowest BCUT2D eigenvalue weighted by atomic mass is 9.94. The van der Waals surface area contributed by atoms with Gasteiger partial charge in [-0.15, -0.1) is 0 Å². The van der Waals surface area contributed by atoms with Crippen molar-refractivity contribution in [3.05, 3.63) is 170 Å². The monoisotopic (exact) mass is 628 g/mol. The highest BCUT2D eigenvalue weighted by Gasteiger charge is 2.20. The molecule has 0 N–H and O–H groups in total. The minimum Gasteiger partial charge on any atom is -0.294 e. The summed E-state index contributed by atoms with van der Waals surface area (Å²) in [7, 11) is 0. The number of fused-ring (bicyclic) bond motifs is 5. The first-order valence-electron chi connectivity index (χ1n) is 16.3. The predicted molar refractivity (Wildman–Crippen MR) is 202 cm³/mol. The topological polar surface area (TPSA) is 17.8 Å². The van der Waals surface area contributed by atoms with E-state index in [0.29, 0.717) is 0 Å². The van der Waals surface area contributed by atoms with E-state index in [-0.39, 0.29) is 0 Å². The summed E-state index contributed by atoms with van der Waals surface area (Å²) in [6.45, 7) is 0. The summed E-state index contributed by atoms with van der Waals surface area (Å²) in [6, 6.07) is 61.3. The number of aromatic nitrogens is 2. The molecule has 10 rings (SSSR count). The standard InChI is InChI=1S/C45H28N2S/c1-3-11-29(12-4-1)34-27-39(30-13-5-2-6-14-30)46-44(28-34)47-40-19-8-7-17-35(40)37-25-32(21-23-41(37)47)33-22-24-42-38(26-33)36-18-9-15-31-16-10-20-43(48-42)45(31)36/h1-28H. The van der Waals surface area contributed by atoms with Crippen molar-refractivity contribution < 1.29 is 0 Å². The SMILES string of the molecule is c1ccc(-c2cc(-c3ccccc3)nc(-n3c4ccccc4c4cc(-c5ccc6c(c5)-c5cccc7cccc(c57)S6)ccc43)c2)cc1. The molecule has 1 aliphatic heterocycles. The third-order valence-electron chi connectivity index (χ3n) is 9.58. The van der Waals surface area contributed by atoms with Crippen LogP contribution in [0.15, 0.2) is 180 Å². The van der Waals surface area contributed by atoms with Gasteiger partial charge in [-0.2, -0.15) is 0 Å². The van der Waals surface area contributed by atoms with Gasteiger partial charge in [0.1, 0.15) is 5.82 Å². The molecule has 0 saturated carbocycles. The molecule has 0 aliphatic carbocycles. The van der Waals surface area contributed by atoms with Crippen molar-refractivity contribution in [3.8, 4) is 50.5 Å². The van der Waals surface area contributed by atoms with Gasteiger partial charge in [0.25, 0.3) is 0 Å². The van der Waals surface area contributed by atoms with E-state index in [9.17, 15) is 0 Å². The molecule has 0 saturated heterocycles. The van der Waals surface area contributed by atoms with Crippen LogP contribution in [0.5, 0.6) is 0 Å². The summed E-state index contributed by atoms with van der Waals surface area (Å²) >= 11 is 1.87. The summed E-state index contributed by atoms with van der Waals surface area (Å²) in [4.78, 5) is 7.94. The number of pyridine rings is 1. The summed E-state index contributed by atoms with van der Waals surface area (Å²) in [5, 5.41) is 5.09. The van der Waals surface area contributed by atoms with Gasteiger partial charge >= 0.3 is 0 Å². The van der Waals surface area contributed by atoms with Crippen LogP contribution in [-0.2, 0) is 0 Å². The van der Waals surface area contributed by atoms with Gasteiger partial charge in [0.15, 0.2) is 0 Å². The normalized spacial score (nSPS) is 12.1. The van der Waals surface area contributed by atoms with Crippen LogP contribution in [0.1, 0.15) is 0 Å². The number of hydrogen-bond acceptors (Lipinski definition) is 2. The minimum absolute atomic E-state index is 0.909. The van der Waals surface area contributed by atoms with Gasteiger partial charge in [-0.25, -0.2) is 4.98 Å². The Morgan fingerprint density at radius 2 is 1.12 bits per heavy atom. The fourth-order valence-electron chi connectivity index (χ4n) is 7.33. The molecule has 3 heterocycles. The zero-order valence-corrected chi connectivity index (χ0v) is 26.8. The first kappa shape index (κ1) is 27.2. The van der Waals surface area contributed by atoms with Gasteiger partial charge in [-0.1, -0.05) is 133 Å². The molecule has 2 nitrogen and oxygen atoms in total. The number of nitrogens with zero attached hydrogens (tertiary/aromatic N) is 2. The first-order valence-corrected chi connectivity index (χ1v) is 17.1. The molecule has 0 spiro atoms. The Balaban J connectivity index is 1.16. The molecule has 7 aromatic carbocycles. The van der Waals surface area contributed by atoms with Crippen LogP contribution >= 0.6 is 11.8 Å². The number of hydrogen-bond donors (Lipinski definition) is 0. The van der Waals surface area contributed by atoms with Crippen LogP contribution in [0.3, 0.4) is 0 Å². The molecule has 9 aromatic rings. The first-order chi connectivity index (χ1) is 23.8. The Labute approximate surface area is 283 Å². The Kier molecular flexibility index (Phi) is 6.15. The van der Waals surface area contributed by atoms with Crippen molar-refractivity contribution in [2.75, 3.05) is 0 Å². The van der Waals surface area contributed by atoms with Crippen molar-refractivity contribution in [3.63, 3.8) is 0 Å². The van der Waals surface area contributed by atoms with Crippen LogP contribution < -0.4 is 0 Å². The van der Waals surface area contributed by atoms with Gasteiger partial charge in [0.05, 0.1) is 16.7 Å². The molecular formula is C45H28N2S. The van der Waals surface area contributed by atoms with E-state index >= 15 is 0 Å². The highest BCUT2D eigenvalue weighted by atomic mass is 32.2. The van der Waals surface area contributed by atoms with Gasteiger partial charge in [-0.3, -0.25) is 4.57 Å². The van der Waals surface area contributed by atoms with E-state index < -0.39 is 0 Å². The van der Waals surface area contributed by atoms with E-state index in [1.54, 1.807) is 0 Å². The van der Waals surface area contributed by atoms with Gasteiger partial charge < -0.3 is 0 Å². The van der Waals surface area contributed by atoms with Crippen LogP contribution in [0.2, 0.25) is 0 Å². The summed E-state index contributed by atoms with van der Waals surface area (Å²) in [6.07, 6.45) is 0. The molecule has 3 heteroatoms. The van der Waals surface area contributed by atoms with E-state index in [2.05, 4.69) is 174 Å². The molecule has 0 bridgehead atoms. The maximum atomic E-state index is 5.30. The lowest BCUT2D eigenvalue weighted by Crippen LogP contribution is -2.00. The van der Waals surface area contributed by atoms with Crippen LogP contribution in [0, 0.1) is 0 Å². The second kappa shape index (κ2) is 10.8. The van der Waals surface area contributed by atoms with Gasteiger partial charge in [0.2, 0.25) is 0 Å². The quantitative estimate of drug-likeness (QED) is 0.193. The summed E-state index contributed by atoms with van der Waals surface area (Å²) in [5.74, 6) is 0.909. The summed E-state index contributed by atoms with van der Waals surface area (Å²) in [5.41, 5.74) is 11.7. The molecule has 224 valence electrons. The average molecular weight is 629 g/mol. The highest BCUT2D eigenvalue weighted by Crippen LogP contribution is 2.49. The highest BCUT2D eigenvalue weighted by molar-refractivity contribution is 7.99. The fraction of sp³-hybridized carbons (Fsp3) is 0. The van der Waals surface area contributed by atoms with E-state index in [0.717, 1.165) is 33.7 Å². The molecule has 0 amide bonds. The molecule has 0 atom stereocenters. The predicted octanol–water partition coefficient (Wildman–Crippen LogP) is 12.5. The van der Waals surface area contributed by atoms with E-state index in [1.165, 1.54) is 59.2 Å². The van der Waals surface area contributed by atoms with Crippen molar-refractivity contribution >= 4 is 44.3 Å². The van der Waals surface area contributed by atoms with Crippen LogP contribution in [0.4, 0.5) is 0 Å². The second-order valence-corrected chi connectivity index (χ2v) is 13.5. The van der Waals surface area contributed by atoms with E-state index in [1.807, 2.05) is 11.8 Å². The molecule has 0 fully saturated rings. The van der Waals surface area contributed by atoms with Gasteiger partial charge in [0, 0.05) is 31.5 Å². The Hall–Kier alpha value is -5.90. The van der Waals surface area contributed by atoms with Crippen molar-refractivity contribution in [2.45, 2.75) is 9.79 Å². The van der Waals surface area contributed by atoms with Gasteiger partial charge in [-0.05, 0) is 87.3 Å². The zero-order valence-electron chi connectivity index (χ0n) is 26.0. The fourth-order valence-corrected chi connectivity index (χ4v) is 8.46. The third-order valence-corrected chi connectivity index (χ3v) is 10.7. The number of para-hydroxylation sites is 1. The molecule has 0 radical (unpaired) electrons. The smallest absolute Gasteiger partial charge is 0.138 e. The second-order valence-electron chi connectivity index (χ2n) is 12.4. The zero-order chi connectivity index (χ0) is 31.6. The lowest BCUT2D eigenvalue weighted by molar-refractivity contribution is 1.08. The van der Waals surface area contributed by atoms with Crippen molar-refractivity contribution in [2.24, 2.45) is 0 Å². The number of benzene rings is 7. The Morgan fingerprint density at radius 3 is 1.98 bits per heavy atom. The largest absolute Gasteiger partial charge is 0.294 e. The van der Waals surface area contributed by atoms with Crippen LogP contribution in [0.25, 0.3) is 83.0 Å². The maximum absolute atomic E-state index is 5.30. The van der Waals surface area contributed by atoms with E-state index in [4.69, 9.17) is 4.98 Å². The molecule has 48 heavy (non-hydrogen) atoms. The molecular weight excluding hydrogens is 601 g/mol. The Morgan fingerprint density at radius 1 is 0.417 bits per heavy atom. The minimum atomic E-state index is 0.909. The third kappa shape index (κ3) is 4.32. The van der Waals surface area contributed by atoms with Crippen molar-refractivity contribution in [1.82, 2.24) is 9.55 Å². The maximum Gasteiger partial charge on any atom is 0.138 e. The molecule has 2 aromatic heterocycles. The Bertz CT molecular complexity index is 2630. The average Bonchev–Trinajstić information content (AvgIpc) is 3.49. The summed E-state index contributed by atoms with van der Waals surface area (Å²) < 4.78 is 2.33. The molecule has 1 aliphatic rings. The molecule has 0 unspecified atom stereocenters. The number of rotatable bonds is 4. The lowest BCUT2D eigenvalue weighted by Gasteiger charge is -2.21. The van der Waals surface area contributed by atoms with Crippen molar-refractivity contribution in [1.29, 1.82) is 0 Å². The van der Waals surface area contributed by atoms with Crippen LogP contribution in [-0.4, -0.2) is 9.55 Å².